The topological polar surface area (TPSA) is 31.4 Å². The summed E-state index contributed by atoms with van der Waals surface area (Å²) in [6, 6.07) is 17.9. The molecule has 0 bridgehead atoms. The fourth-order valence-corrected chi connectivity index (χ4v) is 2.28. The van der Waals surface area contributed by atoms with Crippen molar-refractivity contribution in [1.82, 2.24) is 4.98 Å². The Morgan fingerprint density at radius 1 is 0.750 bits per heavy atom. The summed E-state index contributed by atoms with van der Waals surface area (Å²) in [4.78, 5) is 4.72. The molecule has 0 aliphatic heterocycles. The van der Waals surface area contributed by atoms with Gasteiger partial charge in [-0.25, -0.2) is 4.98 Å². The molecule has 100 valence electrons. The lowest BCUT2D eigenvalue weighted by Gasteiger charge is -2.10. The third kappa shape index (κ3) is 2.07. The van der Waals surface area contributed by atoms with Gasteiger partial charge in [0.15, 0.2) is 0 Å². The largest absolute Gasteiger partial charge is 0.496 e. The van der Waals surface area contributed by atoms with Crippen molar-refractivity contribution < 1.29 is 9.47 Å². The van der Waals surface area contributed by atoms with E-state index >= 15 is 0 Å². The third-order valence-electron chi connectivity index (χ3n) is 3.29. The molecule has 2 aromatic carbocycles. The average Bonchev–Trinajstić information content (AvgIpc) is 2.54. The van der Waals surface area contributed by atoms with E-state index in [-0.39, 0.29) is 0 Å². The molecule has 3 aromatic rings. The van der Waals surface area contributed by atoms with Crippen LogP contribution in [0.25, 0.3) is 22.2 Å². The smallest absolute Gasteiger partial charge is 0.145 e. The van der Waals surface area contributed by atoms with Crippen molar-refractivity contribution in [3.05, 3.63) is 54.6 Å². The summed E-state index contributed by atoms with van der Waals surface area (Å²) in [5.41, 5.74) is 2.82. The number of hydrogen-bond donors (Lipinski definition) is 0. The predicted octanol–water partition coefficient (Wildman–Crippen LogP) is 3.92. The van der Waals surface area contributed by atoms with Gasteiger partial charge >= 0.3 is 0 Å². The number of nitrogens with zero attached hydrogens (tertiary/aromatic N) is 1. The molecule has 0 aliphatic rings. The molecule has 3 heteroatoms. The fraction of sp³-hybridized carbons (Fsp3) is 0.118. The molecule has 0 saturated heterocycles. The van der Waals surface area contributed by atoms with Gasteiger partial charge in [-0.2, -0.15) is 0 Å². The molecule has 0 unspecified atom stereocenters. The lowest BCUT2D eigenvalue weighted by molar-refractivity contribution is 0.410. The maximum atomic E-state index is 5.40. The van der Waals surface area contributed by atoms with E-state index in [0.29, 0.717) is 0 Å². The lowest BCUT2D eigenvalue weighted by Crippen LogP contribution is -1.93. The maximum Gasteiger partial charge on any atom is 0.145 e. The minimum absolute atomic E-state index is 0.749. The molecule has 0 radical (unpaired) electrons. The summed E-state index contributed by atoms with van der Waals surface area (Å²) < 4.78 is 10.8. The number of methoxy groups -OCH3 is 2. The Balaban J connectivity index is 2.24. The number of fused-ring (bicyclic) bond motifs is 1. The second-order valence-electron chi connectivity index (χ2n) is 4.43. The van der Waals surface area contributed by atoms with E-state index in [1.807, 2.05) is 54.6 Å². The molecule has 0 saturated carbocycles. The Morgan fingerprint density at radius 3 is 2.15 bits per heavy atom. The maximum absolute atomic E-state index is 5.40. The van der Waals surface area contributed by atoms with E-state index in [9.17, 15) is 0 Å². The van der Waals surface area contributed by atoms with E-state index in [4.69, 9.17) is 14.5 Å². The van der Waals surface area contributed by atoms with Gasteiger partial charge in [0.05, 0.1) is 19.9 Å². The first-order chi connectivity index (χ1) is 9.83. The highest BCUT2D eigenvalue weighted by atomic mass is 16.5. The first-order valence-electron chi connectivity index (χ1n) is 6.40. The Labute approximate surface area is 117 Å². The van der Waals surface area contributed by atoms with Crippen molar-refractivity contribution >= 4 is 10.9 Å². The van der Waals surface area contributed by atoms with Crippen LogP contribution in [0, 0.1) is 0 Å². The van der Waals surface area contributed by atoms with Crippen LogP contribution in [-0.2, 0) is 0 Å². The zero-order chi connectivity index (χ0) is 13.9. The highest BCUT2D eigenvalue weighted by Crippen LogP contribution is 2.33. The van der Waals surface area contributed by atoms with Gasteiger partial charge in [-0.05, 0) is 24.3 Å². The van der Waals surface area contributed by atoms with Crippen molar-refractivity contribution in [3.8, 4) is 22.8 Å². The number of ether oxygens (including phenoxy) is 2. The first kappa shape index (κ1) is 12.5. The Hall–Kier alpha value is -2.55. The Kier molecular flexibility index (Phi) is 3.25. The van der Waals surface area contributed by atoms with Gasteiger partial charge < -0.3 is 9.47 Å². The van der Waals surface area contributed by atoms with Crippen LogP contribution in [-0.4, -0.2) is 19.2 Å². The number of benzene rings is 2. The molecule has 0 atom stereocenters. The van der Waals surface area contributed by atoms with Gasteiger partial charge in [-0.1, -0.05) is 30.3 Å². The van der Waals surface area contributed by atoms with Gasteiger partial charge in [0.1, 0.15) is 17.0 Å². The lowest BCUT2D eigenvalue weighted by atomic mass is 10.1. The van der Waals surface area contributed by atoms with E-state index in [0.717, 1.165) is 33.7 Å². The molecule has 0 spiro atoms. The number of pyridine rings is 1. The van der Waals surface area contributed by atoms with Gasteiger partial charge in [0.2, 0.25) is 0 Å². The van der Waals surface area contributed by atoms with Crippen LogP contribution >= 0.6 is 0 Å². The second-order valence-corrected chi connectivity index (χ2v) is 4.43. The van der Waals surface area contributed by atoms with E-state index in [2.05, 4.69) is 0 Å². The highest BCUT2D eigenvalue weighted by Gasteiger charge is 2.10. The number of hydrogen-bond acceptors (Lipinski definition) is 3. The van der Waals surface area contributed by atoms with Crippen LogP contribution < -0.4 is 9.47 Å². The van der Waals surface area contributed by atoms with Crippen molar-refractivity contribution in [2.45, 2.75) is 0 Å². The molecule has 20 heavy (non-hydrogen) atoms. The van der Waals surface area contributed by atoms with Gasteiger partial charge in [0.25, 0.3) is 0 Å². The van der Waals surface area contributed by atoms with Crippen molar-refractivity contribution in [2.24, 2.45) is 0 Å². The van der Waals surface area contributed by atoms with E-state index in [1.165, 1.54) is 0 Å². The summed E-state index contributed by atoms with van der Waals surface area (Å²) in [6.07, 6.45) is 0. The van der Waals surface area contributed by atoms with Crippen LogP contribution in [0.4, 0.5) is 0 Å². The van der Waals surface area contributed by atoms with Gasteiger partial charge in [-0.3, -0.25) is 0 Å². The van der Waals surface area contributed by atoms with Crippen molar-refractivity contribution in [3.63, 3.8) is 0 Å². The number of rotatable bonds is 3. The molecule has 3 nitrogen and oxygen atoms in total. The monoisotopic (exact) mass is 265 g/mol. The summed E-state index contributed by atoms with van der Waals surface area (Å²) in [7, 11) is 3.31. The highest BCUT2D eigenvalue weighted by molar-refractivity contribution is 5.91. The van der Waals surface area contributed by atoms with Crippen LogP contribution in [0.15, 0.2) is 54.6 Å². The molecule has 1 aromatic heterocycles. The molecular formula is C17H15NO2. The molecule has 0 amide bonds. The molecule has 0 fully saturated rings. The van der Waals surface area contributed by atoms with Crippen molar-refractivity contribution in [1.29, 1.82) is 0 Å². The second kappa shape index (κ2) is 5.21. The summed E-state index contributed by atoms with van der Waals surface area (Å²) in [5.74, 6) is 1.55. The zero-order valence-electron chi connectivity index (χ0n) is 11.5. The first-order valence-corrected chi connectivity index (χ1v) is 6.40. The minimum atomic E-state index is 0.749. The average molecular weight is 265 g/mol. The van der Waals surface area contributed by atoms with Gasteiger partial charge in [-0.15, -0.1) is 0 Å². The Morgan fingerprint density at radius 2 is 1.45 bits per heavy atom. The van der Waals surface area contributed by atoms with Crippen LogP contribution in [0.2, 0.25) is 0 Å². The van der Waals surface area contributed by atoms with Gasteiger partial charge in [0, 0.05) is 10.9 Å². The third-order valence-corrected chi connectivity index (χ3v) is 3.29. The summed E-state index contributed by atoms with van der Waals surface area (Å²) in [6.45, 7) is 0. The molecule has 1 heterocycles. The SMILES string of the molecule is COc1ccc(OC)c2nc(-c3ccccc3)ccc12. The van der Waals surface area contributed by atoms with E-state index in [1.54, 1.807) is 14.2 Å². The van der Waals surface area contributed by atoms with Crippen LogP contribution in [0.1, 0.15) is 0 Å². The van der Waals surface area contributed by atoms with Crippen LogP contribution in [0.3, 0.4) is 0 Å². The van der Waals surface area contributed by atoms with E-state index < -0.39 is 0 Å². The summed E-state index contributed by atoms with van der Waals surface area (Å²) in [5, 5.41) is 0.950. The standard InChI is InChI=1S/C17H15NO2/c1-19-15-10-11-16(20-2)17-13(15)8-9-14(18-17)12-6-4-3-5-7-12/h3-11H,1-2H3. The molecule has 3 rings (SSSR count). The number of aromatic nitrogens is 1. The molecular weight excluding hydrogens is 250 g/mol. The summed E-state index contributed by atoms with van der Waals surface area (Å²) >= 11 is 0. The van der Waals surface area contributed by atoms with Crippen LogP contribution in [0.5, 0.6) is 11.5 Å². The van der Waals surface area contributed by atoms with Crippen molar-refractivity contribution in [2.75, 3.05) is 14.2 Å². The minimum Gasteiger partial charge on any atom is -0.496 e. The Bertz CT molecular complexity index is 739. The molecule has 0 aliphatic carbocycles. The fourth-order valence-electron chi connectivity index (χ4n) is 2.28. The quantitative estimate of drug-likeness (QED) is 0.719. The normalized spacial score (nSPS) is 10.5. The predicted molar refractivity (Wildman–Crippen MR) is 80.3 cm³/mol. The molecule has 0 N–H and O–H groups in total. The zero-order valence-corrected chi connectivity index (χ0v) is 11.5.